The summed E-state index contributed by atoms with van der Waals surface area (Å²) in [5, 5.41) is 2.90. The Kier molecular flexibility index (Phi) is 10.4. The molecule has 0 fully saturated rings. The minimum atomic E-state index is -0.307. The first-order valence-electron chi connectivity index (χ1n) is 12.1. The highest BCUT2D eigenvalue weighted by molar-refractivity contribution is 5.92. The van der Waals surface area contributed by atoms with Crippen LogP contribution in [0.2, 0.25) is 0 Å². The van der Waals surface area contributed by atoms with Gasteiger partial charge in [0.1, 0.15) is 18.1 Å². The van der Waals surface area contributed by atoms with E-state index in [0.29, 0.717) is 51.4 Å². The van der Waals surface area contributed by atoms with E-state index >= 15 is 0 Å². The van der Waals surface area contributed by atoms with Crippen molar-refractivity contribution in [2.24, 2.45) is 0 Å². The van der Waals surface area contributed by atoms with E-state index in [2.05, 4.69) is 5.32 Å². The molecule has 1 heterocycles. The van der Waals surface area contributed by atoms with Gasteiger partial charge in [0, 0.05) is 32.0 Å². The summed E-state index contributed by atoms with van der Waals surface area (Å²) >= 11 is 0. The minimum Gasteiger partial charge on any atom is -0.464 e. The van der Waals surface area contributed by atoms with Crippen molar-refractivity contribution in [3.8, 4) is 0 Å². The predicted octanol–water partition coefficient (Wildman–Crippen LogP) is 5.12. The largest absolute Gasteiger partial charge is 0.464 e. The number of para-hydroxylation sites is 1. The normalized spacial score (nSPS) is 10.7. The molecule has 0 aliphatic carbocycles. The fourth-order valence-electron chi connectivity index (χ4n) is 3.70. The van der Waals surface area contributed by atoms with Crippen molar-refractivity contribution in [3.63, 3.8) is 0 Å². The van der Waals surface area contributed by atoms with Gasteiger partial charge in [-0.1, -0.05) is 48.5 Å². The Labute approximate surface area is 207 Å². The van der Waals surface area contributed by atoms with Crippen LogP contribution in [0.15, 0.2) is 77.2 Å². The standard InChI is InChI=1S/C28H35N3O4/c1-3-34-20-10-18-31(28(33)29-25-13-8-5-9-14-25)22-27(32)30(21-26-16-15-23(2)35-26)19-17-24-11-6-4-7-12-24/h4-9,11-16H,3,10,17-22H2,1-2H3,(H,29,33). The number of ether oxygens (including phenoxy) is 1. The zero-order valence-corrected chi connectivity index (χ0v) is 20.6. The highest BCUT2D eigenvalue weighted by atomic mass is 16.5. The predicted molar refractivity (Wildman–Crippen MR) is 137 cm³/mol. The van der Waals surface area contributed by atoms with Gasteiger partial charge in [0.2, 0.25) is 5.91 Å². The number of rotatable bonds is 13. The molecular weight excluding hydrogens is 442 g/mol. The summed E-state index contributed by atoms with van der Waals surface area (Å²) in [5.41, 5.74) is 1.84. The number of carbonyl (C=O) groups is 2. The zero-order valence-electron chi connectivity index (χ0n) is 20.6. The summed E-state index contributed by atoms with van der Waals surface area (Å²) in [4.78, 5) is 29.8. The summed E-state index contributed by atoms with van der Waals surface area (Å²) in [5.74, 6) is 1.39. The quantitative estimate of drug-likeness (QED) is 0.347. The maximum Gasteiger partial charge on any atom is 0.322 e. The van der Waals surface area contributed by atoms with Crippen molar-refractivity contribution in [3.05, 3.63) is 89.9 Å². The number of hydrogen-bond acceptors (Lipinski definition) is 4. The van der Waals surface area contributed by atoms with Gasteiger partial charge in [-0.15, -0.1) is 0 Å². The van der Waals surface area contributed by atoms with Crippen LogP contribution < -0.4 is 5.32 Å². The molecule has 7 heteroatoms. The van der Waals surface area contributed by atoms with Crippen LogP contribution in [-0.4, -0.2) is 54.6 Å². The molecule has 0 saturated heterocycles. The molecule has 0 saturated carbocycles. The first-order chi connectivity index (χ1) is 17.0. The van der Waals surface area contributed by atoms with Crippen LogP contribution in [0.25, 0.3) is 0 Å². The molecule has 0 atom stereocenters. The third-order valence-corrected chi connectivity index (χ3v) is 5.57. The number of amides is 3. The molecule has 0 aliphatic rings. The first-order valence-corrected chi connectivity index (χ1v) is 12.1. The van der Waals surface area contributed by atoms with Crippen LogP contribution in [0.3, 0.4) is 0 Å². The molecule has 7 nitrogen and oxygen atoms in total. The molecule has 35 heavy (non-hydrogen) atoms. The minimum absolute atomic E-state index is 0.0285. The van der Waals surface area contributed by atoms with E-state index in [9.17, 15) is 9.59 Å². The summed E-state index contributed by atoms with van der Waals surface area (Å²) in [6, 6.07) is 22.8. The molecule has 0 bridgehead atoms. The highest BCUT2D eigenvalue weighted by Crippen LogP contribution is 2.13. The van der Waals surface area contributed by atoms with Crippen molar-refractivity contribution < 1.29 is 18.7 Å². The van der Waals surface area contributed by atoms with Gasteiger partial charge in [0.15, 0.2) is 0 Å². The molecule has 186 valence electrons. The maximum absolute atomic E-state index is 13.5. The van der Waals surface area contributed by atoms with Crippen molar-refractivity contribution >= 4 is 17.6 Å². The number of benzene rings is 2. The number of anilines is 1. The summed E-state index contributed by atoms with van der Waals surface area (Å²) < 4.78 is 11.2. The number of aryl methyl sites for hydroxylation is 1. The number of hydrogen-bond donors (Lipinski definition) is 1. The Bertz CT molecular complexity index is 1040. The third-order valence-electron chi connectivity index (χ3n) is 5.57. The first kappa shape index (κ1) is 26.0. The van der Waals surface area contributed by atoms with Crippen LogP contribution >= 0.6 is 0 Å². The number of nitrogens with one attached hydrogen (secondary N) is 1. The fraction of sp³-hybridized carbons (Fsp3) is 0.357. The van der Waals surface area contributed by atoms with E-state index in [1.807, 2.05) is 86.6 Å². The Morgan fingerprint density at radius 2 is 1.63 bits per heavy atom. The number of furan rings is 1. The highest BCUT2D eigenvalue weighted by Gasteiger charge is 2.22. The number of urea groups is 1. The lowest BCUT2D eigenvalue weighted by Crippen LogP contribution is -2.45. The van der Waals surface area contributed by atoms with Gasteiger partial charge in [-0.25, -0.2) is 4.79 Å². The van der Waals surface area contributed by atoms with Crippen LogP contribution in [-0.2, 0) is 22.5 Å². The van der Waals surface area contributed by atoms with Gasteiger partial charge < -0.3 is 24.3 Å². The van der Waals surface area contributed by atoms with Gasteiger partial charge in [-0.05, 0) is 56.5 Å². The van der Waals surface area contributed by atoms with Crippen LogP contribution in [0.5, 0.6) is 0 Å². The molecule has 1 aromatic heterocycles. The molecule has 3 amide bonds. The molecule has 3 aromatic rings. The molecule has 1 N–H and O–H groups in total. The second kappa shape index (κ2) is 14.0. The van der Waals surface area contributed by atoms with Crippen molar-refractivity contribution in [1.29, 1.82) is 0 Å². The fourth-order valence-corrected chi connectivity index (χ4v) is 3.70. The molecule has 0 unspecified atom stereocenters. The summed E-state index contributed by atoms with van der Waals surface area (Å²) in [6.45, 7) is 6.23. The lowest BCUT2D eigenvalue weighted by atomic mass is 10.1. The summed E-state index contributed by atoms with van der Waals surface area (Å²) in [7, 11) is 0. The van der Waals surface area contributed by atoms with Gasteiger partial charge in [0.25, 0.3) is 0 Å². The van der Waals surface area contributed by atoms with Gasteiger partial charge >= 0.3 is 6.03 Å². The van der Waals surface area contributed by atoms with Gasteiger partial charge in [-0.3, -0.25) is 4.79 Å². The van der Waals surface area contributed by atoms with Crippen molar-refractivity contribution in [1.82, 2.24) is 9.80 Å². The van der Waals surface area contributed by atoms with Crippen LogP contribution in [0.1, 0.15) is 30.4 Å². The molecule has 0 radical (unpaired) electrons. The van der Waals surface area contributed by atoms with E-state index in [0.717, 1.165) is 17.1 Å². The van der Waals surface area contributed by atoms with Crippen molar-refractivity contribution in [2.75, 3.05) is 38.2 Å². The zero-order chi connectivity index (χ0) is 24.9. The van der Waals surface area contributed by atoms with Gasteiger partial charge in [0.05, 0.1) is 6.54 Å². The Morgan fingerprint density at radius 1 is 0.914 bits per heavy atom. The van der Waals surface area contributed by atoms with Crippen LogP contribution in [0, 0.1) is 6.92 Å². The van der Waals surface area contributed by atoms with E-state index in [-0.39, 0.29) is 18.5 Å². The molecule has 3 rings (SSSR count). The van der Waals surface area contributed by atoms with E-state index in [4.69, 9.17) is 9.15 Å². The Hall–Kier alpha value is -3.58. The topological polar surface area (TPSA) is 75.0 Å². The third kappa shape index (κ3) is 8.94. The lowest BCUT2D eigenvalue weighted by molar-refractivity contribution is -0.132. The Morgan fingerprint density at radius 3 is 2.29 bits per heavy atom. The molecule has 0 spiro atoms. The van der Waals surface area contributed by atoms with Crippen molar-refractivity contribution in [2.45, 2.75) is 33.2 Å². The van der Waals surface area contributed by atoms with E-state index < -0.39 is 0 Å². The molecule has 0 aliphatic heterocycles. The van der Waals surface area contributed by atoms with Crippen LogP contribution in [0.4, 0.5) is 10.5 Å². The smallest absolute Gasteiger partial charge is 0.322 e. The second-order valence-corrected chi connectivity index (χ2v) is 8.33. The molecule has 2 aromatic carbocycles. The number of nitrogens with zero attached hydrogens (tertiary/aromatic N) is 2. The SMILES string of the molecule is CCOCCCN(CC(=O)N(CCc1ccccc1)Cc1ccc(C)o1)C(=O)Nc1ccccc1. The average molecular weight is 478 g/mol. The maximum atomic E-state index is 13.5. The van der Waals surface area contributed by atoms with E-state index in [1.165, 1.54) is 0 Å². The summed E-state index contributed by atoms with van der Waals surface area (Å²) in [6.07, 6.45) is 1.36. The second-order valence-electron chi connectivity index (χ2n) is 8.33. The average Bonchev–Trinajstić information content (AvgIpc) is 3.29. The Balaban J connectivity index is 1.70. The monoisotopic (exact) mass is 477 g/mol. The number of carbonyl (C=O) groups excluding carboxylic acids is 2. The lowest BCUT2D eigenvalue weighted by Gasteiger charge is -2.27. The molecular formula is C28H35N3O4. The van der Waals surface area contributed by atoms with Gasteiger partial charge in [-0.2, -0.15) is 0 Å². The van der Waals surface area contributed by atoms with E-state index in [1.54, 1.807) is 9.80 Å².